The summed E-state index contributed by atoms with van der Waals surface area (Å²) in [4.78, 5) is 8.71. The zero-order valence-corrected chi connectivity index (χ0v) is 12.5. The molecule has 0 atom stereocenters. The molecule has 0 spiro atoms. The van der Waals surface area contributed by atoms with Crippen molar-refractivity contribution in [2.45, 2.75) is 6.92 Å². The largest absolute Gasteiger partial charge is 0.494 e. The van der Waals surface area contributed by atoms with Gasteiger partial charge in [-0.25, -0.2) is 9.97 Å². The van der Waals surface area contributed by atoms with Crippen LogP contribution in [0, 0.1) is 0 Å². The SMILES string of the molecule is CCOc1ccc(Nc2nc(Br)cn3ccnc23)cc1. The van der Waals surface area contributed by atoms with Gasteiger partial charge in [-0.1, -0.05) is 0 Å². The first kappa shape index (κ1) is 12.9. The molecule has 0 aliphatic rings. The Hall–Kier alpha value is -2.08. The van der Waals surface area contributed by atoms with E-state index < -0.39 is 0 Å². The van der Waals surface area contributed by atoms with Crippen molar-refractivity contribution in [3.05, 3.63) is 47.5 Å². The van der Waals surface area contributed by atoms with Gasteiger partial charge in [0.15, 0.2) is 11.5 Å². The maximum Gasteiger partial charge on any atom is 0.180 e. The molecular weight excluding hydrogens is 320 g/mol. The number of fused-ring (bicyclic) bond motifs is 1. The number of imidazole rings is 1. The number of aromatic nitrogens is 3. The van der Waals surface area contributed by atoms with E-state index in [1.807, 2.05) is 48.0 Å². The molecule has 0 unspecified atom stereocenters. The highest BCUT2D eigenvalue weighted by atomic mass is 79.9. The van der Waals surface area contributed by atoms with Gasteiger partial charge in [0, 0.05) is 24.3 Å². The van der Waals surface area contributed by atoms with Crippen molar-refractivity contribution in [1.29, 1.82) is 0 Å². The van der Waals surface area contributed by atoms with Gasteiger partial charge < -0.3 is 14.5 Å². The second kappa shape index (κ2) is 5.50. The molecule has 2 heterocycles. The van der Waals surface area contributed by atoms with E-state index in [4.69, 9.17) is 4.74 Å². The summed E-state index contributed by atoms with van der Waals surface area (Å²) in [6.45, 7) is 2.63. The standard InChI is InChI=1S/C14H13BrN4O/c1-2-20-11-5-3-10(4-6-11)17-13-14-16-7-8-19(14)9-12(15)18-13/h3-9H,2H2,1H3,(H,17,18). The van der Waals surface area contributed by atoms with E-state index in [0.29, 0.717) is 12.4 Å². The Labute approximate surface area is 124 Å². The van der Waals surface area contributed by atoms with E-state index in [9.17, 15) is 0 Å². The van der Waals surface area contributed by atoms with E-state index in [1.54, 1.807) is 6.20 Å². The van der Waals surface area contributed by atoms with Gasteiger partial charge in [0.1, 0.15) is 10.4 Å². The summed E-state index contributed by atoms with van der Waals surface area (Å²) < 4.78 is 8.08. The van der Waals surface area contributed by atoms with Crippen LogP contribution in [-0.4, -0.2) is 21.0 Å². The maximum absolute atomic E-state index is 5.42. The number of halogens is 1. The van der Waals surface area contributed by atoms with Gasteiger partial charge in [0.05, 0.1) is 6.61 Å². The minimum absolute atomic E-state index is 0.661. The fraction of sp³-hybridized carbons (Fsp3) is 0.143. The Morgan fingerprint density at radius 2 is 2.10 bits per heavy atom. The smallest absolute Gasteiger partial charge is 0.180 e. The lowest BCUT2D eigenvalue weighted by molar-refractivity contribution is 0.340. The van der Waals surface area contributed by atoms with Gasteiger partial charge in [0.25, 0.3) is 0 Å². The number of hydrogen-bond donors (Lipinski definition) is 1. The lowest BCUT2D eigenvalue weighted by Gasteiger charge is -2.09. The fourth-order valence-corrected chi connectivity index (χ4v) is 2.32. The van der Waals surface area contributed by atoms with Crippen molar-refractivity contribution < 1.29 is 4.74 Å². The first-order valence-corrected chi connectivity index (χ1v) is 7.04. The summed E-state index contributed by atoms with van der Waals surface area (Å²) in [5.41, 5.74) is 1.71. The van der Waals surface area contributed by atoms with Crippen molar-refractivity contribution >= 4 is 33.1 Å². The Kier molecular flexibility index (Phi) is 3.56. The highest BCUT2D eigenvalue weighted by molar-refractivity contribution is 9.10. The molecule has 0 amide bonds. The van der Waals surface area contributed by atoms with E-state index in [2.05, 4.69) is 31.2 Å². The Bertz CT molecular complexity index is 724. The topological polar surface area (TPSA) is 51.5 Å². The van der Waals surface area contributed by atoms with Crippen LogP contribution in [0.5, 0.6) is 5.75 Å². The van der Waals surface area contributed by atoms with Crippen molar-refractivity contribution in [1.82, 2.24) is 14.4 Å². The molecule has 1 N–H and O–H groups in total. The highest BCUT2D eigenvalue weighted by Crippen LogP contribution is 2.23. The van der Waals surface area contributed by atoms with Gasteiger partial charge >= 0.3 is 0 Å². The van der Waals surface area contributed by atoms with Crippen molar-refractivity contribution in [3.8, 4) is 5.75 Å². The Morgan fingerprint density at radius 1 is 1.30 bits per heavy atom. The molecule has 0 saturated heterocycles. The van der Waals surface area contributed by atoms with Gasteiger partial charge in [-0.05, 0) is 47.1 Å². The molecule has 0 aliphatic heterocycles. The molecule has 0 saturated carbocycles. The van der Waals surface area contributed by atoms with Crippen molar-refractivity contribution in [2.75, 3.05) is 11.9 Å². The average molecular weight is 333 g/mol. The van der Waals surface area contributed by atoms with E-state index >= 15 is 0 Å². The zero-order chi connectivity index (χ0) is 13.9. The quantitative estimate of drug-likeness (QED) is 0.792. The molecule has 0 radical (unpaired) electrons. The number of anilines is 2. The number of benzene rings is 1. The van der Waals surface area contributed by atoms with Crippen LogP contribution in [0.1, 0.15) is 6.92 Å². The Balaban J connectivity index is 1.90. The van der Waals surface area contributed by atoms with Gasteiger partial charge in [-0.2, -0.15) is 0 Å². The zero-order valence-electron chi connectivity index (χ0n) is 10.9. The molecule has 2 aromatic heterocycles. The van der Waals surface area contributed by atoms with Crippen LogP contribution in [0.3, 0.4) is 0 Å². The van der Waals surface area contributed by atoms with Crippen molar-refractivity contribution in [3.63, 3.8) is 0 Å². The molecule has 6 heteroatoms. The second-order valence-electron chi connectivity index (χ2n) is 4.15. The molecule has 20 heavy (non-hydrogen) atoms. The summed E-state index contributed by atoms with van der Waals surface area (Å²) in [6, 6.07) is 7.75. The van der Waals surface area contributed by atoms with Gasteiger partial charge in [-0.15, -0.1) is 0 Å². The van der Waals surface area contributed by atoms with Gasteiger partial charge in [0.2, 0.25) is 0 Å². The summed E-state index contributed by atoms with van der Waals surface area (Å²) in [5.74, 6) is 1.56. The average Bonchev–Trinajstić information content (AvgIpc) is 2.89. The third-order valence-corrected chi connectivity index (χ3v) is 3.15. The predicted octanol–water partition coefficient (Wildman–Crippen LogP) is 3.63. The van der Waals surface area contributed by atoms with E-state index in [0.717, 1.165) is 21.7 Å². The molecule has 0 fully saturated rings. The van der Waals surface area contributed by atoms with Crippen LogP contribution in [0.15, 0.2) is 47.5 Å². The number of ether oxygens (including phenoxy) is 1. The summed E-state index contributed by atoms with van der Waals surface area (Å²) in [7, 11) is 0. The molecule has 3 rings (SSSR count). The van der Waals surface area contributed by atoms with Crippen LogP contribution in [0.4, 0.5) is 11.5 Å². The normalized spacial score (nSPS) is 10.7. The molecule has 0 bridgehead atoms. The summed E-state index contributed by atoms with van der Waals surface area (Å²) in [5, 5.41) is 3.26. The third kappa shape index (κ3) is 2.60. The molecule has 5 nitrogen and oxygen atoms in total. The first-order valence-electron chi connectivity index (χ1n) is 6.25. The number of nitrogens with one attached hydrogen (secondary N) is 1. The first-order chi connectivity index (χ1) is 9.76. The van der Waals surface area contributed by atoms with Crippen molar-refractivity contribution in [2.24, 2.45) is 0 Å². The molecular formula is C14H13BrN4O. The molecule has 102 valence electrons. The van der Waals surface area contributed by atoms with Crippen LogP contribution in [0.2, 0.25) is 0 Å². The fourth-order valence-electron chi connectivity index (χ4n) is 1.92. The predicted molar refractivity (Wildman–Crippen MR) is 81.6 cm³/mol. The van der Waals surface area contributed by atoms with E-state index in [-0.39, 0.29) is 0 Å². The third-order valence-electron chi connectivity index (χ3n) is 2.77. The number of hydrogen-bond acceptors (Lipinski definition) is 4. The van der Waals surface area contributed by atoms with Crippen LogP contribution in [0.25, 0.3) is 5.65 Å². The van der Waals surface area contributed by atoms with E-state index in [1.165, 1.54) is 0 Å². The Morgan fingerprint density at radius 3 is 2.85 bits per heavy atom. The minimum atomic E-state index is 0.661. The molecule has 3 aromatic rings. The number of rotatable bonds is 4. The lowest BCUT2D eigenvalue weighted by atomic mass is 10.3. The second-order valence-corrected chi connectivity index (χ2v) is 4.97. The van der Waals surface area contributed by atoms with Crippen LogP contribution in [-0.2, 0) is 0 Å². The van der Waals surface area contributed by atoms with Crippen LogP contribution >= 0.6 is 15.9 Å². The maximum atomic E-state index is 5.42. The lowest BCUT2D eigenvalue weighted by Crippen LogP contribution is -1.99. The highest BCUT2D eigenvalue weighted by Gasteiger charge is 2.06. The van der Waals surface area contributed by atoms with Gasteiger partial charge in [-0.3, -0.25) is 0 Å². The summed E-state index contributed by atoms with van der Waals surface area (Å²) >= 11 is 3.39. The minimum Gasteiger partial charge on any atom is -0.494 e. The monoisotopic (exact) mass is 332 g/mol. The molecule has 1 aromatic carbocycles. The summed E-state index contributed by atoms with van der Waals surface area (Å²) in [6.07, 6.45) is 5.49. The molecule has 0 aliphatic carbocycles. The number of nitrogens with zero attached hydrogens (tertiary/aromatic N) is 3. The van der Waals surface area contributed by atoms with Crippen LogP contribution < -0.4 is 10.1 Å².